The van der Waals surface area contributed by atoms with Gasteiger partial charge in [0.25, 0.3) is 0 Å². The van der Waals surface area contributed by atoms with E-state index in [0.29, 0.717) is 0 Å². The molecule has 2 aliphatic rings. The smallest absolute Gasteiger partial charge is 0.144 e. The van der Waals surface area contributed by atoms with E-state index in [1.165, 1.54) is 25.7 Å². The summed E-state index contributed by atoms with van der Waals surface area (Å²) in [6.07, 6.45) is 6.87. The van der Waals surface area contributed by atoms with Gasteiger partial charge in [-0.3, -0.25) is 4.90 Å². The van der Waals surface area contributed by atoms with E-state index in [4.69, 9.17) is 0 Å². The van der Waals surface area contributed by atoms with Gasteiger partial charge >= 0.3 is 0 Å². The van der Waals surface area contributed by atoms with E-state index in [9.17, 15) is 4.21 Å². The minimum Gasteiger partial charge on any atom is -0.293 e. The minimum absolute atomic E-state index is 0.117. The van der Waals surface area contributed by atoms with Gasteiger partial charge < -0.3 is 0 Å². The van der Waals surface area contributed by atoms with Crippen molar-refractivity contribution in [2.24, 2.45) is 4.40 Å². The van der Waals surface area contributed by atoms with Crippen LogP contribution in [0.15, 0.2) is 4.40 Å². The molecule has 0 saturated carbocycles. The van der Waals surface area contributed by atoms with Crippen LogP contribution in [-0.4, -0.2) is 38.7 Å². The summed E-state index contributed by atoms with van der Waals surface area (Å²) in [6.45, 7) is 5.90. The second-order valence-electron chi connectivity index (χ2n) is 6.04. The Morgan fingerprint density at radius 3 is 2.31 bits per heavy atom. The van der Waals surface area contributed by atoms with Crippen molar-refractivity contribution in [3.05, 3.63) is 0 Å². The Balaban J connectivity index is 2.10. The Labute approximate surface area is 101 Å². The number of hydrogen-bond acceptors (Lipinski definition) is 2. The molecule has 16 heavy (non-hydrogen) atoms. The van der Waals surface area contributed by atoms with Crippen LogP contribution in [0.3, 0.4) is 0 Å². The molecule has 0 aromatic heterocycles. The Morgan fingerprint density at radius 2 is 1.94 bits per heavy atom. The fourth-order valence-corrected chi connectivity index (χ4v) is 3.34. The highest BCUT2D eigenvalue weighted by Gasteiger charge is 2.48. The molecule has 0 N–H and O–H groups in total. The molecule has 4 heteroatoms. The van der Waals surface area contributed by atoms with Crippen molar-refractivity contribution in [2.75, 3.05) is 7.05 Å². The zero-order valence-corrected chi connectivity index (χ0v) is 11.5. The summed E-state index contributed by atoms with van der Waals surface area (Å²) in [4.78, 5) is 2.43. The van der Waals surface area contributed by atoms with E-state index in [-0.39, 0.29) is 10.3 Å². The molecular weight excluding hydrogens is 220 g/mol. The summed E-state index contributed by atoms with van der Waals surface area (Å²) in [5.74, 6) is 0. The fourth-order valence-electron chi connectivity index (χ4n) is 2.73. The van der Waals surface area contributed by atoms with Crippen molar-refractivity contribution in [1.82, 2.24) is 4.90 Å². The molecule has 1 unspecified atom stereocenters. The van der Waals surface area contributed by atoms with Crippen LogP contribution >= 0.6 is 0 Å². The van der Waals surface area contributed by atoms with Crippen molar-refractivity contribution in [1.29, 1.82) is 0 Å². The third-order valence-corrected chi connectivity index (χ3v) is 5.33. The zero-order valence-electron chi connectivity index (χ0n) is 10.7. The van der Waals surface area contributed by atoms with Gasteiger partial charge in [-0.2, -0.15) is 4.40 Å². The topological polar surface area (TPSA) is 32.7 Å². The Morgan fingerprint density at radius 1 is 1.38 bits per heavy atom. The van der Waals surface area contributed by atoms with Gasteiger partial charge in [-0.05, 0) is 53.5 Å². The summed E-state index contributed by atoms with van der Waals surface area (Å²) in [5.41, 5.74) is 0.117. The fraction of sp³-hybridized carbons (Fsp3) is 0.917. The molecule has 2 heterocycles. The average Bonchev–Trinajstić information content (AvgIpc) is 2.68. The van der Waals surface area contributed by atoms with Gasteiger partial charge in [0.15, 0.2) is 0 Å². The lowest BCUT2D eigenvalue weighted by Gasteiger charge is -2.27. The zero-order chi connectivity index (χ0) is 12.0. The van der Waals surface area contributed by atoms with E-state index in [1.807, 2.05) is 27.0 Å². The summed E-state index contributed by atoms with van der Waals surface area (Å²) in [7, 11) is 1.06. The molecule has 92 valence electrons. The van der Waals surface area contributed by atoms with Gasteiger partial charge in [-0.1, -0.05) is 0 Å². The summed E-state index contributed by atoms with van der Waals surface area (Å²) in [5, 5.41) is 0. The molecule has 2 fully saturated rings. The molecule has 0 aromatic rings. The molecule has 2 saturated heterocycles. The highest BCUT2D eigenvalue weighted by Crippen LogP contribution is 2.44. The van der Waals surface area contributed by atoms with Gasteiger partial charge in [0.2, 0.25) is 0 Å². The summed E-state index contributed by atoms with van der Waals surface area (Å²) in [6, 6.07) is 0.731. The Bertz CT molecular complexity index is 324. The molecule has 0 aromatic carbocycles. The van der Waals surface area contributed by atoms with Crippen molar-refractivity contribution in [3.8, 4) is 0 Å². The molecule has 3 nitrogen and oxygen atoms in total. The molecule has 2 bridgehead atoms. The van der Waals surface area contributed by atoms with Crippen LogP contribution in [-0.2, 0) is 11.0 Å². The first-order valence-corrected chi connectivity index (χ1v) is 7.16. The van der Waals surface area contributed by atoms with Crippen molar-refractivity contribution in [3.63, 3.8) is 0 Å². The van der Waals surface area contributed by atoms with Gasteiger partial charge in [0.1, 0.15) is 11.0 Å². The first-order valence-electron chi connectivity index (χ1n) is 6.05. The highest BCUT2D eigenvalue weighted by atomic mass is 32.2. The molecule has 0 radical (unpaired) electrons. The lowest BCUT2D eigenvalue weighted by atomic mass is 9.89. The van der Waals surface area contributed by atoms with Crippen LogP contribution in [0.5, 0.6) is 0 Å². The van der Waals surface area contributed by atoms with Crippen LogP contribution < -0.4 is 0 Å². The van der Waals surface area contributed by atoms with E-state index in [2.05, 4.69) is 16.3 Å². The van der Waals surface area contributed by atoms with Crippen LogP contribution in [0.2, 0.25) is 0 Å². The molecule has 2 aliphatic heterocycles. The monoisotopic (exact) mass is 242 g/mol. The second kappa shape index (κ2) is 3.91. The standard InChI is InChI=1S/C12H22N2OS/c1-11(2,3)16(15)13-9-12-7-5-10(6-8-12)14(12)4/h9-10H,5-8H2,1-4H3/b13-9+. The lowest BCUT2D eigenvalue weighted by Crippen LogP contribution is -2.40. The lowest BCUT2D eigenvalue weighted by molar-refractivity contribution is 0.271. The largest absolute Gasteiger partial charge is 0.293 e. The van der Waals surface area contributed by atoms with Crippen LogP contribution in [0.1, 0.15) is 46.5 Å². The summed E-state index contributed by atoms with van der Waals surface area (Å²) < 4.78 is 15.9. The third kappa shape index (κ3) is 1.97. The van der Waals surface area contributed by atoms with Gasteiger partial charge in [-0.15, -0.1) is 0 Å². The molecule has 1 atom stereocenters. The second-order valence-corrected chi connectivity index (χ2v) is 7.98. The van der Waals surface area contributed by atoms with E-state index < -0.39 is 11.0 Å². The van der Waals surface area contributed by atoms with Gasteiger partial charge in [0, 0.05) is 12.3 Å². The maximum Gasteiger partial charge on any atom is 0.144 e. The average molecular weight is 242 g/mol. The SMILES string of the molecule is CN1C2CCC1(/C=N/S(=O)C(C)(C)C)CC2. The van der Waals surface area contributed by atoms with E-state index in [1.54, 1.807) is 0 Å². The Kier molecular flexibility index (Phi) is 2.99. The number of rotatable bonds is 2. The summed E-state index contributed by atoms with van der Waals surface area (Å²) >= 11 is 0. The molecule has 0 aliphatic carbocycles. The Hall–Kier alpha value is -0.220. The van der Waals surface area contributed by atoms with E-state index >= 15 is 0 Å². The molecule has 2 rings (SSSR count). The van der Waals surface area contributed by atoms with Crippen molar-refractivity contribution in [2.45, 2.75) is 62.8 Å². The molecule has 0 amide bonds. The molecule has 0 spiro atoms. The van der Waals surface area contributed by atoms with Crippen LogP contribution in [0.4, 0.5) is 0 Å². The van der Waals surface area contributed by atoms with Gasteiger partial charge in [0.05, 0.1) is 10.3 Å². The van der Waals surface area contributed by atoms with Crippen LogP contribution in [0.25, 0.3) is 0 Å². The predicted molar refractivity (Wildman–Crippen MR) is 69.1 cm³/mol. The molecular formula is C12H22N2OS. The predicted octanol–water partition coefficient (Wildman–Crippen LogP) is 2.15. The maximum atomic E-state index is 11.9. The van der Waals surface area contributed by atoms with Crippen LogP contribution in [0, 0.1) is 0 Å². The van der Waals surface area contributed by atoms with Gasteiger partial charge in [-0.25, -0.2) is 4.21 Å². The van der Waals surface area contributed by atoms with Crippen molar-refractivity contribution < 1.29 is 4.21 Å². The first kappa shape index (κ1) is 12.2. The first-order chi connectivity index (χ1) is 7.35. The highest BCUT2D eigenvalue weighted by molar-refractivity contribution is 7.85. The minimum atomic E-state index is -1.11. The normalized spacial score (nSPS) is 37.4. The number of fused-ring (bicyclic) bond motifs is 2. The van der Waals surface area contributed by atoms with Crippen molar-refractivity contribution >= 4 is 17.2 Å². The van der Waals surface area contributed by atoms with E-state index in [0.717, 1.165) is 6.04 Å². The number of hydrogen-bond donors (Lipinski definition) is 0. The quantitative estimate of drug-likeness (QED) is 0.695. The maximum absolute atomic E-state index is 11.9. The third-order valence-electron chi connectivity index (χ3n) is 3.98. The number of nitrogens with zero attached hydrogens (tertiary/aromatic N) is 2.